The van der Waals surface area contributed by atoms with Gasteiger partial charge in [0, 0.05) is 13.1 Å². The number of rotatable bonds is 8. The molecule has 5 heteroatoms. The second-order valence-corrected chi connectivity index (χ2v) is 5.93. The van der Waals surface area contributed by atoms with Gasteiger partial charge in [0.1, 0.15) is 5.54 Å². The van der Waals surface area contributed by atoms with E-state index >= 15 is 0 Å². The molecule has 0 aromatic rings. The van der Waals surface area contributed by atoms with Crippen LogP contribution < -0.4 is 5.32 Å². The van der Waals surface area contributed by atoms with Gasteiger partial charge >= 0.3 is 12.0 Å². The van der Waals surface area contributed by atoms with E-state index in [0.29, 0.717) is 19.0 Å². The molecule has 0 bridgehead atoms. The lowest BCUT2D eigenvalue weighted by Gasteiger charge is -2.32. The lowest BCUT2D eigenvalue weighted by molar-refractivity contribution is -0.144. The molecule has 5 nitrogen and oxygen atoms in total. The van der Waals surface area contributed by atoms with Crippen molar-refractivity contribution >= 4 is 12.0 Å². The Bertz CT molecular complexity index is 351. The van der Waals surface area contributed by atoms with Crippen LogP contribution in [0.4, 0.5) is 4.79 Å². The fraction of sp³-hybridized carbons (Fsp3) is 0.867. The lowest BCUT2D eigenvalue weighted by Crippen LogP contribution is -2.58. The van der Waals surface area contributed by atoms with E-state index in [1.54, 1.807) is 11.8 Å². The van der Waals surface area contributed by atoms with Crippen molar-refractivity contribution < 1.29 is 14.7 Å². The van der Waals surface area contributed by atoms with E-state index in [0.717, 1.165) is 25.7 Å². The molecule has 2 N–H and O–H groups in total. The van der Waals surface area contributed by atoms with Gasteiger partial charge in [-0.25, -0.2) is 9.59 Å². The molecule has 0 aliphatic heterocycles. The summed E-state index contributed by atoms with van der Waals surface area (Å²) in [5.41, 5.74) is -1.13. The van der Waals surface area contributed by atoms with Crippen molar-refractivity contribution in [3.05, 3.63) is 0 Å². The Morgan fingerprint density at radius 3 is 2.20 bits per heavy atom. The van der Waals surface area contributed by atoms with Crippen molar-refractivity contribution in [1.29, 1.82) is 0 Å². The molecule has 1 fully saturated rings. The fourth-order valence-electron chi connectivity index (χ4n) is 2.51. The largest absolute Gasteiger partial charge is 0.480 e. The zero-order chi connectivity index (χ0) is 15.3. The third-order valence-electron chi connectivity index (χ3n) is 4.51. The lowest BCUT2D eigenvalue weighted by atomic mass is 9.96. The third kappa shape index (κ3) is 3.87. The van der Waals surface area contributed by atoms with Crippen LogP contribution in [-0.4, -0.2) is 40.6 Å². The Labute approximate surface area is 121 Å². The minimum Gasteiger partial charge on any atom is -0.480 e. The number of carboxylic acid groups (broad SMARTS) is 1. The summed E-state index contributed by atoms with van der Waals surface area (Å²) in [5, 5.41) is 12.1. The Morgan fingerprint density at radius 1 is 1.30 bits per heavy atom. The number of hydrogen-bond donors (Lipinski definition) is 2. The molecule has 0 heterocycles. The smallest absolute Gasteiger partial charge is 0.329 e. The number of carboxylic acids is 1. The Balaban J connectivity index is 2.68. The van der Waals surface area contributed by atoms with Gasteiger partial charge in [0.05, 0.1) is 0 Å². The van der Waals surface area contributed by atoms with E-state index in [1.807, 2.05) is 6.92 Å². The molecule has 0 spiro atoms. The normalized spacial score (nSPS) is 17.6. The van der Waals surface area contributed by atoms with Crippen molar-refractivity contribution in [3.63, 3.8) is 0 Å². The van der Waals surface area contributed by atoms with Crippen molar-refractivity contribution in [2.75, 3.05) is 13.1 Å². The van der Waals surface area contributed by atoms with Gasteiger partial charge in [0.2, 0.25) is 0 Å². The summed E-state index contributed by atoms with van der Waals surface area (Å²) in [7, 11) is 0. The first-order valence-electron chi connectivity index (χ1n) is 7.69. The third-order valence-corrected chi connectivity index (χ3v) is 4.51. The summed E-state index contributed by atoms with van der Waals surface area (Å²) in [6.07, 6.45) is 3.81. The molecule has 1 aliphatic carbocycles. The van der Waals surface area contributed by atoms with Crippen LogP contribution in [0.25, 0.3) is 0 Å². The molecule has 1 unspecified atom stereocenters. The zero-order valence-electron chi connectivity index (χ0n) is 13.1. The van der Waals surface area contributed by atoms with Gasteiger partial charge < -0.3 is 15.3 Å². The summed E-state index contributed by atoms with van der Waals surface area (Å²) in [4.78, 5) is 25.5. The second kappa shape index (κ2) is 6.95. The maximum absolute atomic E-state index is 12.3. The van der Waals surface area contributed by atoms with E-state index in [1.165, 1.54) is 0 Å². The van der Waals surface area contributed by atoms with Crippen molar-refractivity contribution in [2.24, 2.45) is 11.8 Å². The molecule has 1 aliphatic rings. The Morgan fingerprint density at radius 2 is 1.85 bits per heavy atom. The van der Waals surface area contributed by atoms with Crippen LogP contribution in [0.5, 0.6) is 0 Å². The molecule has 0 radical (unpaired) electrons. The number of nitrogens with one attached hydrogen (secondary N) is 1. The van der Waals surface area contributed by atoms with Crippen molar-refractivity contribution in [1.82, 2.24) is 10.2 Å². The van der Waals surface area contributed by atoms with E-state index in [4.69, 9.17) is 0 Å². The number of nitrogens with zero attached hydrogens (tertiary/aromatic N) is 1. The van der Waals surface area contributed by atoms with Crippen LogP contribution in [0.15, 0.2) is 0 Å². The summed E-state index contributed by atoms with van der Waals surface area (Å²) >= 11 is 0. The standard InChI is InChI=1S/C15H28N2O3/c1-5-11(6-2)10-17(7-3)14(20)16-15(4,13(18)19)12-8-9-12/h11-12H,5-10H2,1-4H3,(H,16,20)(H,18,19). The SMILES string of the molecule is CCC(CC)CN(CC)C(=O)NC(C)(C(=O)O)C1CC1. The van der Waals surface area contributed by atoms with Gasteiger partial charge in [-0.2, -0.15) is 0 Å². The highest BCUT2D eigenvalue weighted by Gasteiger charge is 2.49. The second-order valence-electron chi connectivity index (χ2n) is 5.93. The first kappa shape index (κ1) is 16.8. The molecule has 1 atom stereocenters. The topological polar surface area (TPSA) is 69.6 Å². The molecular formula is C15H28N2O3. The fourth-order valence-corrected chi connectivity index (χ4v) is 2.51. The molecule has 0 aromatic heterocycles. The van der Waals surface area contributed by atoms with Crippen LogP contribution in [0.3, 0.4) is 0 Å². The molecule has 20 heavy (non-hydrogen) atoms. The highest BCUT2D eigenvalue weighted by atomic mass is 16.4. The Hall–Kier alpha value is -1.26. The van der Waals surface area contributed by atoms with E-state index in [9.17, 15) is 14.7 Å². The predicted molar refractivity (Wildman–Crippen MR) is 78.6 cm³/mol. The minimum atomic E-state index is -1.13. The summed E-state index contributed by atoms with van der Waals surface area (Å²) < 4.78 is 0. The molecule has 116 valence electrons. The van der Waals surface area contributed by atoms with Gasteiger partial charge in [0.25, 0.3) is 0 Å². The number of carbonyl (C=O) groups is 2. The van der Waals surface area contributed by atoms with Gasteiger partial charge in [-0.15, -0.1) is 0 Å². The molecule has 2 amide bonds. The highest BCUT2D eigenvalue weighted by molar-refractivity contribution is 5.86. The Kier molecular flexibility index (Phi) is 5.84. The quantitative estimate of drug-likeness (QED) is 0.720. The van der Waals surface area contributed by atoms with E-state index in [-0.39, 0.29) is 11.9 Å². The van der Waals surface area contributed by atoms with Crippen LogP contribution in [-0.2, 0) is 4.79 Å². The zero-order valence-corrected chi connectivity index (χ0v) is 13.1. The average molecular weight is 284 g/mol. The van der Waals surface area contributed by atoms with Crippen LogP contribution in [0.2, 0.25) is 0 Å². The number of urea groups is 1. The maximum Gasteiger partial charge on any atom is 0.329 e. The molecular weight excluding hydrogens is 256 g/mol. The molecule has 1 saturated carbocycles. The number of amides is 2. The molecule has 1 rings (SSSR count). The summed E-state index contributed by atoms with van der Waals surface area (Å²) in [6.45, 7) is 9.07. The van der Waals surface area contributed by atoms with Gasteiger partial charge in [-0.1, -0.05) is 26.7 Å². The van der Waals surface area contributed by atoms with Crippen LogP contribution in [0.1, 0.15) is 53.4 Å². The maximum atomic E-state index is 12.3. The number of hydrogen-bond acceptors (Lipinski definition) is 2. The first-order valence-corrected chi connectivity index (χ1v) is 7.69. The summed E-state index contributed by atoms with van der Waals surface area (Å²) in [5.74, 6) is -0.402. The first-order chi connectivity index (χ1) is 9.38. The number of carbonyl (C=O) groups excluding carboxylic acids is 1. The van der Waals surface area contributed by atoms with Gasteiger partial charge in [-0.3, -0.25) is 0 Å². The van der Waals surface area contributed by atoms with Crippen LogP contribution >= 0.6 is 0 Å². The monoisotopic (exact) mass is 284 g/mol. The van der Waals surface area contributed by atoms with Crippen molar-refractivity contribution in [3.8, 4) is 0 Å². The van der Waals surface area contributed by atoms with Gasteiger partial charge in [0.15, 0.2) is 0 Å². The number of aliphatic carboxylic acids is 1. The summed E-state index contributed by atoms with van der Waals surface area (Å²) in [6, 6.07) is -0.254. The van der Waals surface area contributed by atoms with Crippen LogP contribution in [0, 0.1) is 11.8 Å². The van der Waals surface area contributed by atoms with Gasteiger partial charge in [-0.05, 0) is 38.5 Å². The van der Waals surface area contributed by atoms with E-state index < -0.39 is 11.5 Å². The van der Waals surface area contributed by atoms with Crippen molar-refractivity contribution in [2.45, 2.75) is 58.9 Å². The minimum absolute atomic E-state index is 0.0656. The average Bonchev–Trinajstić information content (AvgIpc) is 3.24. The molecule has 0 saturated heterocycles. The predicted octanol–water partition coefficient (Wildman–Crippen LogP) is 2.71. The highest BCUT2D eigenvalue weighted by Crippen LogP contribution is 2.39. The van der Waals surface area contributed by atoms with E-state index in [2.05, 4.69) is 19.2 Å². The molecule has 0 aromatic carbocycles.